The van der Waals surface area contributed by atoms with Crippen molar-refractivity contribution in [3.63, 3.8) is 0 Å². The van der Waals surface area contributed by atoms with E-state index in [0.29, 0.717) is 26.1 Å². The normalized spacial score (nSPS) is 17.9. The highest BCUT2D eigenvalue weighted by Gasteiger charge is 2.29. The minimum Gasteiger partial charge on any atom is -0.388 e. The zero-order chi connectivity index (χ0) is 15.3. The average Bonchev–Trinajstić information content (AvgIpc) is 2.45. The quantitative estimate of drug-likeness (QED) is 0.817. The van der Waals surface area contributed by atoms with E-state index in [1.165, 1.54) is 6.08 Å². The lowest BCUT2D eigenvalue weighted by atomic mass is 9.94. The van der Waals surface area contributed by atoms with E-state index >= 15 is 0 Å². The molecule has 1 aromatic carbocycles. The summed E-state index contributed by atoms with van der Waals surface area (Å²) in [5, 5.41) is 13.0. The van der Waals surface area contributed by atoms with E-state index < -0.39 is 5.60 Å². The molecule has 2 rings (SSSR count). The number of hydrogen-bond acceptors (Lipinski definition) is 3. The molecule has 0 aliphatic carbocycles. The molecule has 0 atom stereocenters. The maximum absolute atomic E-state index is 11.8. The molecule has 21 heavy (non-hydrogen) atoms. The molecule has 0 bridgehead atoms. The van der Waals surface area contributed by atoms with Crippen molar-refractivity contribution in [2.75, 3.05) is 19.8 Å². The molecule has 5 heteroatoms. The Hall–Kier alpha value is -1.17. The van der Waals surface area contributed by atoms with Crippen LogP contribution in [0.1, 0.15) is 24.0 Å². The standard InChI is InChI=1S/C16H20BrNO3/c1-12-2-3-13(14(17)10-12)4-5-15(19)18-11-16(20)6-8-21-9-7-16/h2-5,10,20H,6-9,11H2,1H3,(H,18,19)/b5-4+. The van der Waals surface area contributed by atoms with Gasteiger partial charge in [0.05, 0.1) is 5.60 Å². The van der Waals surface area contributed by atoms with Gasteiger partial charge >= 0.3 is 0 Å². The zero-order valence-corrected chi connectivity index (χ0v) is 13.6. The lowest BCUT2D eigenvalue weighted by molar-refractivity contribution is -0.119. The predicted octanol–water partition coefficient (Wildman–Crippen LogP) is 2.43. The Bertz CT molecular complexity index is 536. The first-order valence-corrected chi connectivity index (χ1v) is 7.80. The molecule has 2 N–H and O–H groups in total. The number of halogens is 1. The van der Waals surface area contributed by atoms with Crippen LogP contribution in [0.5, 0.6) is 0 Å². The Balaban J connectivity index is 1.87. The second-order valence-electron chi connectivity index (χ2n) is 5.41. The van der Waals surface area contributed by atoms with Gasteiger partial charge in [0.15, 0.2) is 0 Å². The van der Waals surface area contributed by atoms with Gasteiger partial charge in [-0.05, 0) is 30.2 Å². The van der Waals surface area contributed by atoms with Crippen molar-refractivity contribution in [3.8, 4) is 0 Å². The van der Waals surface area contributed by atoms with Gasteiger partial charge in [-0.2, -0.15) is 0 Å². The van der Waals surface area contributed by atoms with Crippen LogP contribution in [0.25, 0.3) is 6.08 Å². The highest BCUT2D eigenvalue weighted by Crippen LogP contribution is 2.20. The molecule has 1 heterocycles. The average molecular weight is 354 g/mol. The second-order valence-corrected chi connectivity index (χ2v) is 6.27. The summed E-state index contributed by atoms with van der Waals surface area (Å²) in [6, 6.07) is 5.95. The third-order valence-electron chi connectivity index (χ3n) is 3.59. The number of aryl methyl sites for hydroxylation is 1. The maximum Gasteiger partial charge on any atom is 0.244 e. The van der Waals surface area contributed by atoms with E-state index in [1.54, 1.807) is 6.08 Å². The Morgan fingerprint density at radius 1 is 1.48 bits per heavy atom. The summed E-state index contributed by atoms with van der Waals surface area (Å²) in [4.78, 5) is 11.8. The van der Waals surface area contributed by atoms with Crippen molar-refractivity contribution in [1.82, 2.24) is 5.32 Å². The van der Waals surface area contributed by atoms with Crippen LogP contribution in [-0.4, -0.2) is 36.4 Å². The topological polar surface area (TPSA) is 58.6 Å². The molecule has 0 unspecified atom stereocenters. The highest BCUT2D eigenvalue weighted by atomic mass is 79.9. The molecule has 4 nitrogen and oxygen atoms in total. The van der Waals surface area contributed by atoms with Crippen LogP contribution in [0.3, 0.4) is 0 Å². The van der Waals surface area contributed by atoms with Crippen molar-refractivity contribution in [3.05, 3.63) is 39.9 Å². The van der Waals surface area contributed by atoms with Crippen molar-refractivity contribution >= 4 is 27.9 Å². The van der Waals surface area contributed by atoms with E-state index in [-0.39, 0.29) is 12.5 Å². The van der Waals surface area contributed by atoms with Gasteiger partial charge in [0, 0.05) is 43.1 Å². The second kappa shape index (κ2) is 7.20. The van der Waals surface area contributed by atoms with Crippen LogP contribution in [0.2, 0.25) is 0 Å². The van der Waals surface area contributed by atoms with Gasteiger partial charge in [-0.25, -0.2) is 0 Å². The van der Waals surface area contributed by atoms with E-state index in [9.17, 15) is 9.90 Å². The Kier molecular flexibility index (Phi) is 5.56. The smallest absolute Gasteiger partial charge is 0.244 e. The van der Waals surface area contributed by atoms with Crippen molar-refractivity contribution in [2.45, 2.75) is 25.4 Å². The van der Waals surface area contributed by atoms with E-state index in [0.717, 1.165) is 15.6 Å². The van der Waals surface area contributed by atoms with Gasteiger partial charge in [-0.15, -0.1) is 0 Å². The Labute approximate surface area is 133 Å². The summed E-state index contributed by atoms with van der Waals surface area (Å²) >= 11 is 3.47. The Morgan fingerprint density at radius 3 is 2.86 bits per heavy atom. The summed E-state index contributed by atoms with van der Waals surface area (Å²) in [5.74, 6) is -0.206. The molecule has 114 valence electrons. The third-order valence-corrected chi connectivity index (χ3v) is 4.27. The third kappa shape index (κ3) is 4.95. The SMILES string of the molecule is Cc1ccc(/C=C/C(=O)NCC2(O)CCOCC2)c(Br)c1. The monoisotopic (exact) mass is 353 g/mol. The first kappa shape index (κ1) is 16.2. The number of ether oxygens (including phenoxy) is 1. The summed E-state index contributed by atoms with van der Waals surface area (Å²) < 4.78 is 6.16. The summed E-state index contributed by atoms with van der Waals surface area (Å²) in [5.41, 5.74) is 1.26. The molecule has 0 spiro atoms. The van der Waals surface area contributed by atoms with Crippen LogP contribution in [-0.2, 0) is 9.53 Å². The van der Waals surface area contributed by atoms with Crippen LogP contribution in [0.4, 0.5) is 0 Å². The van der Waals surface area contributed by atoms with Gasteiger partial charge < -0.3 is 15.2 Å². The van der Waals surface area contributed by atoms with Gasteiger partial charge in [0.1, 0.15) is 0 Å². The number of carbonyl (C=O) groups excluding carboxylic acids is 1. The number of rotatable bonds is 4. The number of nitrogens with one attached hydrogen (secondary N) is 1. The maximum atomic E-state index is 11.8. The van der Waals surface area contributed by atoms with E-state index in [2.05, 4.69) is 21.2 Å². The van der Waals surface area contributed by atoms with Crippen LogP contribution in [0, 0.1) is 6.92 Å². The van der Waals surface area contributed by atoms with Crippen molar-refractivity contribution in [2.24, 2.45) is 0 Å². The van der Waals surface area contributed by atoms with Gasteiger partial charge in [-0.1, -0.05) is 28.1 Å². The molecule has 1 amide bonds. The first-order chi connectivity index (χ1) is 9.98. The lowest BCUT2D eigenvalue weighted by Crippen LogP contribution is -2.46. The minimum atomic E-state index is -0.841. The molecule has 0 aromatic heterocycles. The molecule has 1 saturated heterocycles. The lowest BCUT2D eigenvalue weighted by Gasteiger charge is -2.31. The first-order valence-electron chi connectivity index (χ1n) is 7.01. The molecular formula is C16H20BrNO3. The Morgan fingerprint density at radius 2 is 2.19 bits per heavy atom. The number of amides is 1. The van der Waals surface area contributed by atoms with Crippen LogP contribution < -0.4 is 5.32 Å². The van der Waals surface area contributed by atoms with Gasteiger partial charge in [-0.3, -0.25) is 4.79 Å². The predicted molar refractivity (Wildman–Crippen MR) is 85.9 cm³/mol. The molecule has 1 aliphatic heterocycles. The molecule has 1 aromatic rings. The highest BCUT2D eigenvalue weighted by molar-refractivity contribution is 9.10. The molecule has 1 aliphatic rings. The molecule has 0 saturated carbocycles. The fourth-order valence-electron chi connectivity index (χ4n) is 2.17. The summed E-state index contributed by atoms with van der Waals surface area (Å²) in [6.07, 6.45) is 4.35. The summed E-state index contributed by atoms with van der Waals surface area (Å²) in [6.45, 7) is 3.35. The zero-order valence-electron chi connectivity index (χ0n) is 12.1. The van der Waals surface area contributed by atoms with Crippen molar-refractivity contribution < 1.29 is 14.6 Å². The number of carbonyl (C=O) groups is 1. The fraction of sp³-hybridized carbons (Fsp3) is 0.438. The molecule has 0 radical (unpaired) electrons. The van der Waals surface area contributed by atoms with E-state index in [1.807, 2.05) is 25.1 Å². The molecule has 1 fully saturated rings. The van der Waals surface area contributed by atoms with Gasteiger partial charge in [0.25, 0.3) is 0 Å². The largest absolute Gasteiger partial charge is 0.388 e. The number of hydrogen-bond donors (Lipinski definition) is 2. The summed E-state index contributed by atoms with van der Waals surface area (Å²) in [7, 11) is 0. The van der Waals surface area contributed by atoms with Crippen molar-refractivity contribution in [1.29, 1.82) is 0 Å². The van der Waals surface area contributed by atoms with Crippen LogP contribution >= 0.6 is 15.9 Å². The van der Waals surface area contributed by atoms with E-state index in [4.69, 9.17) is 4.74 Å². The number of benzene rings is 1. The van der Waals surface area contributed by atoms with Gasteiger partial charge in [0.2, 0.25) is 5.91 Å². The minimum absolute atomic E-state index is 0.206. The number of aliphatic hydroxyl groups is 1. The fourth-order valence-corrected chi connectivity index (χ4v) is 2.80. The van der Waals surface area contributed by atoms with Crippen LogP contribution in [0.15, 0.2) is 28.7 Å². The molecular weight excluding hydrogens is 334 g/mol.